The number of aromatic nitrogens is 3. The third kappa shape index (κ3) is 6.03. The van der Waals surface area contributed by atoms with Crippen LogP contribution in [0.1, 0.15) is 0 Å². The fourth-order valence-electron chi connectivity index (χ4n) is 5.21. The molecule has 0 amide bonds. The largest absolute Gasteiger partial charge is 0.238 e. The minimum atomic E-state index is -0.348. The number of halogens is 2. The van der Waals surface area contributed by atoms with Crippen LogP contribution in [0.25, 0.3) is 72.4 Å². The van der Waals surface area contributed by atoms with Crippen molar-refractivity contribution < 1.29 is 8.78 Å². The average Bonchev–Trinajstić information content (AvgIpc) is 3.12. The SMILES string of the molecule is [C-]#[N+]c1ccc(-c2ccc(-c3ccc(-c4ccc(-c5nc(-c6ccc(F)cc6)nc(-c6ccc(F)cc6)n5)cc4)cc3)cc2)cc1. The molecule has 4 nitrogen and oxygen atoms in total. The molecule has 7 aromatic rings. The minimum Gasteiger partial charge on any atom is -0.238 e. The van der Waals surface area contributed by atoms with E-state index < -0.39 is 0 Å². The summed E-state index contributed by atoms with van der Waals surface area (Å²) in [5, 5.41) is 0. The molecule has 1 heterocycles. The lowest BCUT2D eigenvalue weighted by molar-refractivity contribution is 0.627. The van der Waals surface area contributed by atoms with Gasteiger partial charge in [-0.2, -0.15) is 0 Å². The molecular formula is C40H24F2N4. The predicted molar refractivity (Wildman–Crippen MR) is 179 cm³/mol. The first-order valence-electron chi connectivity index (χ1n) is 14.6. The van der Waals surface area contributed by atoms with Crippen LogP contribution in [0, 0.1) is 18.2 Å². The number of benzene rings is 6. The van der Waals surface area contributed by atoms with Gasteiger partial charge in [0.25, 0.3) is 0 Å². The van der Waals surface area contributed by atoms with Crippen molar-refractivity contribution in [2.45, 2.75) is 0 Å². The van der Waals surface area contributed by atoms with Crippen LogP contribution in [0.15, 0.2) is 146 Å². The summed E-state index contributed by atoms with van der Waals surface area (Å²) in [7, 11) is 0. The third-order valence-corrected chi connectivity index (χ3v) is 7.75. The zero-order valence-electron chi connectivity index (χ0n) is 24.4. The smallest absolute Gasteiger partial charge is 0.187 e. The van der Waals surface area contributed by atoms with Gasteiger partial charge in [-0.25, -0.2) is 28.6 Å². The Labute approximate surface area is 265 Å². The summed E-state index contributed by atoms with van der Waals surface area (Å²) < 4.78 is 27.2. The van der Waals surface area contributed by atoms with Crippen LogP contribution >= 0.6 is 0 Å². The third-order valence-electron chi connectivity index (χ3n) is 7.75. The van der Waals surface area contributed by atoms with Gasteiger partial charge in [0.05, 0.1) is 6.57 Å². The van der Waals surface area contributed by atoms with Crippen molar-refractivity contribution >= 4 is 5.69 Å². The fraction of sp³-hybridized carbons (Fsp3) is 0. The second-order valence-corrected chi connectivity index (χ2v) is 10.7. The van der Waals surface area contributed by atoms with Crippen LogP contribution in [-0.2, 0) is 0 Å². The van der Waals surface area contributed by atoms with E-state index in [0.717, 1.165) is 38.9 Å². The molecule has 0 saturated carbocycles. The molecule has 7 rings (SSSR count). The van der Waals surface area contributed by atoms with Crippen LogP contribution in [0.3, 0.4) is 0 Å². The van der Waals surface area contributed by atoms with Gasteiger partial charge in [0.1, 0.15) is 11.6 Å². The molecule has 6 heteroatoms. The molecule has 0 aliphatic rings. The molecule has 1 aromatic heterocycles. The molecule has 46 heavy (non-hydrogen) atoms. The highest BCUT2D eigenvalue weighted by atomic mass is 19.1. The lowest BCUT2D eigenvalue weighted by Crippen LogP contribution is -2.00. The van der Waals surface area contributed by atoms with Gasteiger partial charge >= 0.3 is 0 Å². The Balaban J connectivity index is 1.14. The highest BCUT2D eigenvalue weighted by molar-refractivity contribution is 5.75. The first-order valence-corrected chi connectivity index (χ1v) is 14.6. The first-order chi connectivity index (χ1) is 22.5. The highest BCUT2D eigenvalue weighted by Crippen LogP contribution is 2.30. The molecule has 0 aliphatic heterocycles. The molecule has 6 aromatic carbocycles. The Kier molecular flexibility index (Phi) is 7.64. The van der Waals surface area contributed by atoms with Crippen molar-refractivity contribution in [1.29, 1.82) is 0 Å². The van der Waals surface area contributed by atoms with E-state index in [2.05, 4.69) is 58.4 Å². The molecule has 0 saturated heterocycles. The molecule has 218 valence electrons. The summed E-state index contributed by atoms with van der Waals surface area (Å²) in [6, 6.07) is 44.4. The summed E-state index contributed by atoms with van der Waals surface area (Å²) >= 11 is 0. The van der Waals surface area contributed by atoms with Crippen molar-refractivity contribution in [1.82, 2.24) is 15.0 Å². The van der Waals surface area contributed by atoms with Crippen LogP contribution in [-0.4, -0.2) is 15.0 Å². The van der Waals surface area contributed by atoms with Crippen LogP contribution in [0.5, 0.6) is 0 Å². The molecule has 0 atom stereocenters. The normalized spacial score (nSPS) is 10.8. The molecule has 0 unspecified atom stereocenters. The maximum Gasteiger partial charge on any atom is 0.187 e. The highest BCUT2D eigenvalue weighted by Gasteiger charge is 2.13. The number of nitrogens with zero attached hydrogens (tertiary/aromatic N) is 4. The molecule has 0 N–H and O–H groups in total. The van der Waals surface area contributed by atoms with Gasteiger partial charge in [0.2, 0.25) is 0 Å². The van der Waals surface area contributed by atoms with Gasteiger partial charge in [-0.1, -0.05) is 97.1 Å². The standard InChI is InChI=1S/C40H24F2N4/c1-43-37-24-18-31(19-25-37)29-8-6-27(7-9-29)26-2-4-28(5-3-26)30-10-12-32(13-11-30)38-44-39(33-14-20-35(41)21-15-33)46-40(45-38)34-16-22-36(42)23-17-34/h2-25H. The lowest BCUT2D eigenvalue weighted by atomic mass is 9.97. The molecular weight excluding hydrogens is 574 g/mol. The van der Waals surface area contributed by atoms with E-state index >= 15 is 0 Å². The zero-order chi connectivity index (χ0) is 31.5. The predicted octanol–water partition coefficient (Wildman–Crippen LogP) is 10.7. The van der Waals surface area contributed by atoms with E-state index in [1.54, 1.807) is 24.3 Å². The average molecular weight is 599 g/mol. The van der Waals surface area contributed by atoms with E-state index in [4.69, 9.17) is 16.5 Å². The molecule has 0 spiro atoms. The van der Waals surface area contributed by atoms with Gasteiger partial charge in [0.15, 0.2) is 23.2 Å². The van der Waals surface area contributed by atoms with E-state index in [9.17, 15) is 8.78 Å². The zero-order valence-corrected chi connectivity index (χ0v) is 24.4. The maximum atomic E-state index is 13.6. The van der Waals surface area contributed by atoms with Crippen molar-refractivity contribution in [3.63, 3.8) is 0 Å². The Morgan fingerprint density at radius 3 is 0.804 bits per heavy atom. The summed E-state index contributed by atoms with van der Waals surface area (Å²) in [6.45, 7) is 7.14. The second-order valence-electron chi connectivity index (χ2n) is 10.7. The van der Waals surface area contributed by atoms with Crippen LogP contribution < -0.4 is 0 Å². The first kappa shape index (κ1) is 28.5. The fourth-order valence-corrected chi connectivity index (χ4v) is 5.21. The van der Waals surface area contributed by atoms with Crippen molar-refractivity contribution in [3.8, 4) is 67.5 Å². The Morgan fingerprint density at radius 1 is 0.326 bits per heavy atom. The van der Waals surface area contributed by atoms with E-state index in [1.807, 2.05) is 48.5 Å². The summed E-state index contributed by atoms with van der Waals surface area (Å²) in [4.78, 5) is 17.5. The van der Waals surface area contributed by atoms with Crippen molar-refractivity contribution in [2.75, 3.05) is 0 Å². The Morgan fingerprint density at radius 2 is 0.543 bits per heavy atom. The molecule has 0 radical (unpaired) electrons. The van der Waals surface area contributed by atoms with E-state index in [-0.39, 0.29) is 11.6 Å². The number of hydrogen-bond acceptors (Lipinski definition) is 3. The molecule has 0 bridgehead atoms. The summed E-state index contributed by atoms with van der Waals surface area (Å²) in [6.07, 6.45) is 0. The number of hydrogen-bond donors (Lipinski definition) is 0. The monoisotopic (exact) mass is 598 g/mol. The minimum absolute atomic E-state index is 0.348. The topological polar surface area (TPSA) is 43.0 Å². The maximum absolute atomic E-state index is 13.6. The van der Waals surface area contributed by atoms with Crippen LogP contribution in [0.2, 0.25) is 0 Å². The van der Waals surface area contributed by atoms with Gasteiger partial charge in [-0.3, -0.25) is 0 Å². The lowest BCUT2D eigenvalue weighted by Gasteiger charge is -2.10. The van der Waals surface area contributed by atoms with Gasteiger partial charge in [-0.05, 0) is 81.9 Å². The van der Waals surface area contributed by atoms with E-state index in [1.165, 1.54) is 24.3 Å². The van der Waals surface area contributed by atoms with Gasteiger partial charge in [-0.15, -0.1) is 0 Å². The Bertz CT molecular complexity index is 2100. The van der Waals surface area contributed by atoms with Crippen molar-refractivity contribution in [3.05, 3.63) is 169 Å². The van der Waals surface area contributed by atoms with Gasteiger partial charge < -0.3 is 0 Å². The van der Waals surface area contributed by atoms with Gasteiger partial charge in [0, 0.05) is 16.7 Å². The number of rotatable bonds is 6. The van der Waals surface area contributed by atoms with E-state index in [0.29, 0.717) is 34.3 Å². The molecule has 0 fully saturated rings. The summed E-state index contributed by atoms with van der Waals surface area (Å²) in [5.74, 6) is 0.559. The second kappa shape index (κ2) is 12.4. The van der Waals surface area contributed by atoms with Crippen LogP contribution in [0.4, 0.5) is 14.5 Å². The summed E-state index contributed by atoms with van der Waals surface area (Å²) in [5.41, 5.74) is 9.24. The quantitative estimate of drug-likeness (QED) is 0.179. The Hall–Kier alpha value is -6.32. The molecule has 0 aliphatic carbocycles. The van der Waals surface area contributed by atoms with Crippen molar-refractivity contribution in [2.24, 2.45) is 0 Å².